The van der Waals surface area contributed by atoms with Gasteiger partial charge in [-0.15, -0.1) is 8.39 Å². The molecule has 0 rings (SSSR count). The molecule has 9 heteroatoms. The Kier molecular flexibility index (Phi) is 3.82. The standard InChI is InChI=1S/C3H6F2NO4PS/c1-2-3-10-12(8,9)6-11(4,5)7/h2-3H,1H3,(H,6,7)/b3-2-. The SMILES string of the molecule is C/C=C\OS(=O)(=O)NP(=O)(F)F. The Labute approximate surface area is 68.3 Å². The van der Waals surface area contributed by atoms with Gasteiger partial charge in [-0.1, -0.05) is 10.6 Å². The van der Waals surface area contributed by atoms with Crippen molar-refractivity contribution in [1.29, 1.82) is 0 Å². The number of allylic oxidation sites excluding steroid dienone is 1. The Balaban J connectivity index is 4.36. The molecule has 0 bridgehead atoms. The second-order valence-electron chi connectivity index (χ2n) is 1.57. The fourth-order valence-electron chi connectivity index (χ4n) is 0.280. The van der Waals surface area contributed by atoms with Gasteiger partial charge in [-0.2, -0.15) is 8.42 Å². The van der Waals surface area contributed by atoms with Gasteiger partial charge in [-0.3, -0.25) is 0 Å². The van der Waals surface area contributed by atoms with E-state index in [0.717, 1.165) is 0 Å². The minimum absolute atomic E-state index is 0.551. The average Bonchev–Trinajstić information content (AvgIpc) is 1.78. The van der Waals surface area contributed by atoms with E-state index in [1.807, 2.05) is 0 Å². The van der Waals surface area contributed by atoms with Crippen LogP contribution in [0.3, 0.4) is 0 Å². The van der Waals surface area contributed by atoms with Gasteiger partial charge in [0.25, 0.3) is 0 Å². The predicted molar refractivity (Wildman–Crippen MR) is 37.8 cm³/mol. The summed E-state index contributed by atoms with van der Waals surface area (Å²) in [5, 5.41) is 0. The van der Waals surface area contributed by atoms with Gasteiger partial charge in [0.1, 0.15) is 6.26 Å². The predicted octanol–water partition coefficient (Wildman–Crippen LogP) is 1.42. The van der Waals surface area contributed by atoms with E-state index in [4.69, 9.17) is 0 Å². The molecule has 1 N–H and O–H groups in total. The van der Waals surface area contributed by atoms with Crippen molar-refractivity contribution < 1.29 is 25.6 Å². The summed E-state index contributed by atoms with van der Waals surface area (Å²) in [7, 11) is -10.5. The van der Waals surface area contributed by atoms with Gasteiger partial charge in [0.2, 0.25) is 0 Å². The van der Waals surface area contributed by atoms with Crippen LogP contribution in [0, 0.1) is 0 Å². The van der Waals surface area contributed by atoms with Crippen molar-refractivity contribution in [2.45, 2.75) is 6.92 Å². The Morgan fingerprint density at radius 1 is 1.50 bits per heavy atom. The van der Waals surface area contributed by atoms with Crippen molar-refractivity contribution >= 4 is 18.2 Å². The minimum Gasteiger partial charge on any atom is -0.379 e. The molecule has 0 heterocycles. The number of hydrogen-bond donors (Lipinski definition) is 1. The lowest BCUT2D eigenvalue weighted by molar-refractivity contribution is 0.430. The summed E-state index contributed by atoms with van der Waals surface area (Å²) in [6, 6.07) is 0. The van der Waals surface area contributed by atoms with E-state index in [0.29, 0.717) is 10.8 Å². The summed E-state index contributed by atoms with van der Waals surface area (Å²) in [5.41, 5.74) is 0. The maximum Gasteiger partial charge on any atom is 0.496 e. The highest BCUT2D eigenvalue weighted by Gasteiger charge is 2.27. The topological polar surface area (TPSA) is 72.5 Å². The molecule has 0 atom stereocenters. The highest BCUT2D eigenvalue weighted by molar-refractivity contribution is 7.90. The second kappa shape index (κ2) is 3.97. The molecule has 12 heavy (non-hydrogen) atoms. The van der Waals surface area contributed by atoms with Gasteiger partial charge in [0.15, 0.2) is 0 Å². The van der Waals surface area contributed by atoms with Crippen molar-refractivity contribution in [3.8, 4) is 0 Å². The molecule has 0 aliphatic heterocycles. The van der Waals surface area contributed by atoms with Gasteiger partial charge in [-0.25, -0.2) is 4.57 Å². The number of hydrogen-bond acceptors (Lipinski definition) is 4. The van der Waals surface area contributed by atoms with E-state index in [9.17, 15) is 21.4 Å². The molecule has 0 aromatic carbocycles. The first-order valence-corrected chi connectivity index (χ1v) is 5.49. The molecule has 0 amide bonds. The molecule has 0 aliphatic rings. The summed E-state index contributed by atoms with van der Waals surface area (Å²) in [6.45, 7) is 1.42. The molecule has 0 unspecified atom stereocenters. The molecule has 0 fully saturated rings. The summed E-state index contributed by atoms with van der Waals surface area (Å²) in [5.74, 6) is 0. The average molecular weight is 221 g/mol. The molecular formula is C3H6F2NO4PS. The van der Waals surface area contributed by atoms with E-state index in [2.05, 4.69) is 4.18 Å². The van der Waals surface area contributed by atoms with Crippen LogP contribution in [0.15, 0.2) is 12.3 Å². The van der Waals surface area contributed by atoms with Crippen LogP contribution in [0.2, 0.25) is 0 Å². The molecule has 0 aliphatic carbocycles. The first-order chi connectivity index (χ1) is 5.27. The normalized spacial score (nSPS) is 13.6. The molecule has 72 valence electrons. The maximum absolute atomic E-state index is 11.6. The van der Waals surface area contributed by atoms with E-state index in [-0.39, 0.29) is 0 Å². The third kappa shape index (κ3) is 6.26. The monoisotopic (exact) mass is 221 g/mol. The van der Waals surface area contributed by atoms with E-state index in [1.165, 1.54) is 13.0 Å². The molecule has 5 nitrogen and oxygen atoms in total. The van der Waals surface area contributed by atoms with Crippen LogP contribution in [0.4, 0.5) is 8.39 Å². The third-order valence-corrected chi connectivity index (χ3v) is 2.65. The lowest BCUT2D eigenvalue weighted by atomic mass is 10.8. The van der Waals surface area contributed by atoms with Crippen LogP contribution in [-0.2, 0) is 19.1 Å². The minimum atomic E-state index is -5.82. The Morgan fingerprint density at radius 2 is 2.00 bits per heavy atom. The second-order valence-corrected chi connectivity index (χ2v) is 4.33. The molecule has 0 aromatic heterocycles. The Hall–Kier alpha value is -0.460. The highest BCUT2D eigenvalue weighted by atomic mass is 32.2. The molecule has 0 saturated heterocycles. The summed E-state index contributed by atoms with van der Waals surface area (Å²) in [6.07, 6.45) is 1.83. The highest BCUT2D eigenvalue weighted by Crippen LogP contribution is 2.44. The summed E-state index contributed by atoms with van der Waals surface area (Å²) < 4.78 is 57.9. The van der Waals surface area contributed by atoms with Crippen molar-refractivity contribution in [1.82, 2.24) is 4.49 Å². The first kappa shape index (κ1) is 11.5. The lowest BCUT2D eigenvalue weighted by Crippen LogP contribution is -2.18. The van der Waals surface area contributed by atoms with Gasteiger partial charge in [-0.05, 0) is 6.92 Å². The Bertz CT molecular complexity index is 306. The van der Waals surface area contributed by atoms with Crippen molar-refractivity contribution in [2.24, 2.45) is 0 Å². The smallest absolute Gasteiger partial charge is 0.379 e. The van der Waals surface area contributed by atoms with E-state index in [1.54, 1.807) is 0 Å². The first-order valence-electron chi connectivity index (χ1n) is 2.59. The summed E-state index contributed by atoms with van der Waals surface area (Å²) >= 11 is 0. The lowest BCUT2D eigenvalue weighted by Gasteiger charge is -2.01. The van der Waals surface area contributed by atoms with Crippen LogP contribution in [0.5, 0.6) is 0 Å². The quantitative estimate of drug-likeness (QED) is 0.575. The zero-order valence-electron chi connectivity index (χ0n) is 5.90. The number of nitrogens with one attached hydrogen (secondary N) is 1. The van der Waals surface area contributed by atoms with Gasteiger partial charge in [0.05, 0.1) is 0 Å². The zero-order chi connectivity index (χ0) is 9.83. The molecular weight excluding hydrogens is 215 g/mol. The van der Waals surface area contributed by atoms with Crippen LogP contribution in [-0.4, -0.2) is 8.42 Å². The van der Waals surface area contributed by atoms with Gasteiger partial charge in [0, 0.05) is 0 Å². The number of rotatable bonds is 4. The van der Waals surface area contributed by atoms with Crippen LogP contribution in [0.25, 0.3) is 0 Å². The van der Waals surface area contributed by atoms with Crippen molar-refractivity contribution in [3.63, 3.8) is 0 Å². The number of halogens is 2. The largest absolute Gasteiger partial charge is 0.496 e. The molecule has 0 radical (unpaired) electrons. The van der Waals surface area contributed by atoms with Gasteiger partial charge < -0.3 is 4.18 Å². The Morgan fingerprint density at radius 3 is 2.33 bits per heavy atom. The van der Waals surface area contributed by atoms with Crippen molar-refractivity contribution in [2.75, 3.05) is 0 Å². The van der Waals surface area contributed by atoms with Crippen molar-refractivity contribution in [3.05, 3.63) is 12.3 Å². The van der Waals surface area contributed by atoms with Gasteiger partial charge >= 0.3 is 18.2 Å². The molecule has 0 aromatic rings. The third-order valence-electron chi connectivity index (χ3n) is 0.536. The van der Waals surface area contributed by atoms with E-state index >= 15 is 0 Å². The molecule has 0 spiro atoms. The summed E-state index contributed by atoms with van der Waals surface area (Å²) in [4.78, 5) is 0. The fourth-order valence-corrected chi connectivity index (χ4v) is 1.75. The zero-order valence-corrected chi connectivity index (χ0v) is 7.61. The maximum atomic E-state index is 11.6. The van der Waals surface area contributed by atoms with Crippen LogP contribution < -0.4 is 4.49 Å². The van der Waals surface area contributed by atoms with Crippen LogP contribution in [0.1, 0.15) is 6.92 Å². The van der Waals surface area contributed by atoms with Crippen LogP contribution >= 0.6 is 7.91 Å². The fraction of sp³-hybridized carbons (Fsp3) is 0.333. The molecule has 0 saturated carbocycles. The van der Waals surface area contributed by atoms with E-state index < -0.39 is 18.2 Å².